The van der Waals surface area contributed by atoms with Gasteiger partial charge in [-0.15, -0.1) is 0 Å². The summed E-state index contributed by atoms with van der Waals surface area (Å²) in [5.41, 5.74) is 1.09. The van der Waals surface area contributed by atoms with E-state index in [-0.39, 0.29) is 22.1 Å². The van der Waals surface area contributed by atoms with Gasteiger partial charge in [-0.2, -0.15) is 0 Å². The first-order valence-electron chi connectivity index (χ1n) is 10.8. The van der Waals surface area contributed by atoms with Gasteiger partial charge in [0.15, 0.2) is 5.75 Å². The molecule has 1 amide bonds. The number of para-hydroxylation sites is 2. The van der Waals surface area contributed by atoms with Crippen molar-refractivity contribution in [3.8, 4) is 11.5 Å². The van der Waals surface area contributed by atoms with Gasteiger partial charge in [0.05, 0.1) is 5.69 Å². The molecular formula is C25H29N3O4S. The summed E-state index contributed by atoms with van der Waals surface area (Å²) in [6.45, 7) is 2.67. The number of nitrogens with one attached hydrogen (secondary N) is 2. The maximum absolute atomic E-state index is 13.5. The predicted molar refractivity (Wildman–Crippen MR) is 132 cm³/mol. The third-order valence-corrected chi connectivity index (χ3v) is 6.22. The summed E-state index contributed by atoms with van der Waals surface area (Å²) in [5.74, 6) is 0.311. The Bertz CT molecular complexity index is 1180. The molecule has 174 valence electrons. The molecule has 0 saturated heterocycles. The standard InChI is InChI=1S/C25H29N3O4S/c1-4-5-16-26-22-17-19(25(29)28(2)3)18-23(24(22)32-21-14-10-7-11-15-21)33(30,31)27-20-12-8-6-9-13-20/h6-15,17-18,26-27H,4-5,16H2,1-3H3. The Morgan fingerprint density at radius 3 is 2.21 bits per heavy atom. The summed E-state index contributed by atoms with van der Waals surface area (Å²) in [6, 6.07) is 20.5. The number of carbonyl (C=O) groups is 1. The summed E-state index contributed by atoms with van der Waals surface area (Å²) in [4.78, 5) is 14.1. The summed E-state index contributed by atoms with van der Waals surface area (Å²) in [5, 5.41) is 3.26. The Morgan fingerprint density at radius 2 is 1.61 bits per heavy atom. The lowest BCUT2D eigenvalue weighted by molar-refractivity contribution is 0.0827. The largest absolute Gasteiger partial charge is 0.454 e. The second-order valence-electron chi connectivity index (χ2n) is 7.72. The molecule has 0 atom stereocenters. The van der Waals surface area contributed by atoms with E-state index in [1.54, 1.807) is 74.8 Å². The molecule has 33 heavy (non-hydrogen) atoms. The minimum Gasteiger partial charge on any atom is -0.454 e. The highest BCUT2D eigenvalue weighted by Gasteiger charge is 2.26. The Kier molecular flexibility index (Phi) is 7.95. The monoisotopic (exact) mass is 467 g/mol. The van der Waals surface area contributed by atoms with E-state index in [1.807, 2.05) is 6.07 Å². The van der Waals surface area contributed by atoms with Crippen molar-refractivity contribution in [1.29, 1.82) is 0 Å². The molecule has 8 heteroatoms. The molecule has 0 radical (unpaired) electrons. The van der Waals surface area contributed by atoms with Gasteiger partial charge >= 0.3 is 0 Å². The van der Waals surface area contributed by atoms with E-state index in [0.717, 1.165) is 12.8 Å². The quantitative estimate of drug-likeness (QED) is 0.401. The molecule has 0 aromatic heterocycles. The smallest absolute Gasteiger partial charge is 0.265 e. The number of sulfonamides is 1. The highest BCUT2D eigenvalue weighted by atomic mass is 32.2. The average Bonchev–Trinajstić information content (AvgIpc) is 2.80. The zero-order chi connectivity index (χ0) is 23.8. The number of hydrogen-bond acceptors (Lipinski definition) is 5. The summed E-state index contributed by atoms with van der Waals surface area (Å²) in [6.07, 6.45) is 1.83. The Balaban J connectivity index is 2.18. The average molecular weight is 468 g/mol. The molecule has 0 saturated carbocycles. The maximum Gasteiger partial charge on any atom is 0.265 e. The molecule has 0 fully saturated rings. The highest BCUT2D eigenvalue weighted by molar-refractivity contribution is 7.92. The van der Waals surface area contributed by atoms with Crippen molar-refractivity contribution in [2.45, 2.75) is 24.7 Å². The summed E-state index contributed by atoms with van der Waals surface area (Å²) >= 11 is 0. The number of nitrogens with zero attached hydrogens (tertiary/aromatic N) is 1. The van der Waals surface area contributed by atoms with Crippen molar-refractivity contribution in [3.05, 3.63) is 78.4 Å². The van der Waals surface area contributed by atoms with Gasteiger partial charge in [0.2, 0.25) is 0 Å². The number of ether oxygens (including phenoxy) is 1. The molecule has 0 aliphatic carbocycles. The van der Waals surface area contributed by atoms with Gasteiger partial charge in [0.25, 0.3) is 15.9 Å². The van der Waals surface area contributed by atoms with Gasteiger partial charge in [-0.05, 0) is 42.8 Å². The highest BCUT2D eigenvalue weighted by Crippen LogP contribution is 2.38. The maximum atomic E-state index is 13.5. The van der Waals surface area contributed by atoms with E-state index in [4.69, 9.17) is 4.74 Å². The van der Waals surface area contributed by atoms with E-state index >= 15 is 0 Å². The zero-order valence-electron chi connectivity index (χ0n) is 19.0. The number of rotatable bonds is 10. The zero-order valence-corrected chi connectivity index (χ0v) is 19.9. The van der Waals surface area contributed by atoms with Gasteiger partial charge < -0.3 is 15.0 Å². The van der Waals surface area contributed by atoms with Crippen LogP contribution < -0.4 is 14.8 Å². The molecule has 7 nitrogen and oxygen atoms in total. The molecule has 3 rings (SSSR count). The van der Waals surface area contributed by atoms with Crippen LogP contribution in [0.3, 0.4) is 0 Å². The van der Waals surface area contributed by atoms with Crippen LogP contribution in [0, 0.1) is 0 Å². The number of amides is 1. The van der Waals surface area contributed by atoms with Crippen LogP contribution in [0.25, 0.3) is 0 Å². The van der Waals surface area contributed by atoms with Crippen molar-refractivity contribution in [2.24, 2.45) is 0 Å². The van der Waals surface area contributed by atoms with Crippen molar-refractivity contribution in [3.63, 3.8) is 0 Å². The molecule has 0 bridgehead atoms. The first-order valence-corrected chi connectivity index (χ1v) is 12.2. The summed E-state index contributed by atoms with van der Waals surface area (Å²) < 4.78 is 35.7. The van der Waals surface area contributed by atoms with E-state index in [1.165, 1.54) is 11.0 Å². The number of hydrogen-bond donors (Lipinski definition) is 2. The van der Waals surface area contributed by atoms with E-state index in [9.17, 15) is 13.2 Å². The van der Waals surface area contributed by atoms with Gasteiger partial charge in [-0.3, -0.25) is 9.52 Å². The van der Waals surface area contributed by atoms with Gasteiger partial charge in [0.1, 0.15) is 10.6 Å². The van der Waals surface area contributed by atoms with Crippen LogP contribution in [0.15, 0.2) is 77.7 Å². The predicted octanol–water partition coefficient (Wildman–Crippen LogP) is 5.19. The number of anilines is 2. The van der Waals surface area contributed by atoms with Crippen LogP contribution in [-0.4, -0.2) is 39.9 Å². The number of benzene rings is 3. The Hall–Kier alpha value is -3.52. The van der Waals surface area contributed by atoms with Crippen LogP contribution in [0.4, 0.5) is 11.4 Å². The third kappa shape index (κ3) is 6.26. The molecule has 0 heterocycles. The van der Waals surface area contributed by atoms with Crippen molar-refractivity contribution < 1.29 is 17.9 Å². The minimum absolute atomic E-state index is 0.123. The second-order valence-corrected chi connectivity index (χ2v) is 9.37. The molecule has 2 N–H and O–H groups in total. The lowest BCUT2D eigenvalue weighted by Crippen LogP contribution is -2.23. The van der Waals surface area contributed by atoms with Gasteiger partial charge in [-0.1, -0.05) is 49.7 Å². The van der Waals surface area contributed by atoms with Crippen LogP contribution in [0.1, 0.15) is 30.1 Å². The van der Waals surface area contributed by atoms with Gasteiger partial charge in [0, 0.05) is 31.9 Å². The fourth-order valence-corrected chi connectivity index (χ4v) is 4.38. The Morgan fingerprint density at radius 1 is 0.970 bits per heavy atom. The SMILES string of the molecule is CCCCNc1cc(C(=O)N(C)C)cc(S(=O)(=O)Nc2ccccc2)c1Oc1ccccc1. The second kappa shape index (κ2) is 10.9. The molecule has 3 aromatic rings. The first-order chi connectivity index (χ1) is 15.8. The molecule has 0 unspecified atom stereocenters. The molecule has 0 aliphatic heterocycles. The Labute approximate surface area is 195 Å². The van der Waals surface area contributed by atoms with Crippen LogP contribution in [0.2, 0.25) is 0 Å². The lowest BCUT2D eigenvalue weighted by atomic mass is 10.1. The van der Waals surface area contributed by atoms with E-state index in [2.05, 4.69) is 17.0 Å². The van der Waals surface area contributed by atoms with Crippen LogP contribution in [-0.2, 0) is 10.0 Å². The van der Waals surface area contributed by atoms with E-state index < -0.39 is 10.0 Å². The topological polar surface area (TPSA) is 87.7 Å². The van der Waals surface area contributed by atoms with Crippen LogP contribution >= 0.6 is 0 Å². The number of carbonyl (C=O) groups excluding carboxylic acids is 1. The minimum atomic E-state index is -4.08. The van der Waals surface area contributed by atoms with Crippen molar-refractivity contribution in [1.82, 2.24) is 4.90 Å². The lowest BCUT2D eigenvalue weighted by Gasteiger charge is -2.20. The number of unbranched alkanes of at least 4 members (excludes halogenated alkanes) is 1. The van der Waals surface area contributed by atoms with E-state index in [0.29, 0.717) is 23.7 Å². The third-order valence-electron chi connectivity index (χ3n) is 4.83. The van der Waals surface area contributed by atoms with Gasteiger partial charge in [-0.25, -0.2) is 8.42 Å². The molecule has 3 aromatic carbocycles. The fraction of sp³-hybridized carbons (Fsp3) is 0.240. The van der Waals surface area contributed by atoms with Crippen molar-refractivity contribution in [2.75, 3.05) is 30.7 Å². The fourth-order valence-electron chi connectivity index (χ4n) is 3.14. The molecule has 0 aliphatic rings. The normalized spacial score (nSPS) is 11.0. The molecule has 0 spiro atoms. The van der Waals surface area contributed by atoms with Crippen LogP contribution in [0.5, 0.6) is 11.5 Å². The summed E-state index contributed by atoms with van der Waals surface area (Å²) in [7, 11) is -0.840. The molecular weight excluding hydrogens is 438 g/mol. The van der Waals surface area contributed by atoms with Crippen molar-refractivity contribution >= 4 is 27.3 Å². The first kappa shape index (κ1) is 24.1.